The van der Waals surface area contributed by atoms with E-state index in [0.29, 0.717) is 35.0 Å². The maximum atomic E-state index is 12.0. The number of H-pyrrole nitrogens is 1. The highest BCUT2D eigenvalue weighted by atomic mass is 16.5. The fourth-order valence-corrected chi connectivity index (χ4v) is 1.72. The highest BCUT2D eigenvalue weighted by molar-refractivity contribution is 6.13. The van der Waals surface area contributed by atoms with Crippen molar-refractivity contribution < 1.29 is 9.53 Å². The highest BCUT2D eigenvalue weighted by Gasteiger charge is 2.16. The first kappa shape index (κ1) is 13.3. The zero-order valence-electron chi connectivity index (χ0n) is 11.3. The number of hydrogen-bond donors (Lipinski definition) is 1. The lowest BCUT2D eigenvalue weighted by atomic mass is 10.1. The summed E-state index contributed by atoms with van der Waals surface area (Å²) in [4.78, 5) is 23.2. The lowest BCUT2D eigenvalue weighted by molar-refractivity contribution is 0.104. The predicted octanol–water partition coefficient (Wildman–Crippen LogP) is 2.75. The fourth-order valence-electron chi connectivity index (χ4n) is 1.72. The minimum atomic E-state index is -0.0852. The van der Waals surface area contributed by atoms with Crippen molar-refractivity contribution in [1.82, 2.24) is 15.0 Å². The van der Waals surface area contributed by atoms with Gasteiger partial charge >= 0.3 is 0 Å². The van der Waals surface area contributed by atoms with Gasteiger partial charge in [0.1, 0.15) is 12.0 Å². The van der Waals surface area contributed by atoms with Gasteiger partial charge < -0.3 is 9.72 Å². The molecule has 0 aliphatic heterocycles. The number of carbonyl (C=O) groups is 1. The van der Waals surface area contributed by atoms with E-state index in [-0.39, 0.29) is 5.78 Å². The molecule has 0 saturated heterocycles. The van der Waals surface area contributed by atoms with Crippen LogP contribution < -0.4 is 4.74 Å². The Kier molecular flexibility index (Phi) is 3.94. The number of ether oxygens (including phenoxy) is 1. The van der Waals surface area contributed by atoms with Crippen LogP contribution in [0, 0.1) is 5.92 Å². The molecular formula is C14H17N3O2. The van der Waals surface area contributed by atoms with Gasteiger partial charge in [-0.2, -0.15) is 0 Å². The van der Waals surface area contributed by atoms with Gasteiger partial charge in [-0.05, 0) is 18.9 Å². The van der Waals surface area contributed by atoms with E-state index in [1.807, 2.05) is 0 Å². The lowest BCUT2D eigenvalue weighted by Crippen LogP contribution is -2.07. The average Bonchev–Trinajstić information content (AvgIpc) is 2.81. The molecule has 2 aromatic heterocycles. The van der Waals surface area contributed by atoms with Gasteiger partial charge in [0.25, 0.3) is 0 Å². The number of aromatic nitrogens is 3. The van der Waals surface area contributed by atoms with E-state index >= 15 is 0 Å². The maximum Gasteiger partial charge on any atom is 0.226 e. The molecule has 2 heterocycles. The summed E-state index contributed by atoms with van der Waals surface area (Å²) in [6.07, 6.45) is 6.30. The summed E-state index contributed by atoms with van der Waals surface area (Å²) in [7, 11) is 0. The number of rotatable bonds is 5. The Hall–Kier alpha value is -2.17. The largest absolute Gasteiger partial charge is 0.477 e. The molecule has 0 aromatic carbocycles. The molecule has 2 rings (SSSR count). The standard InChI is InChI=1S/C14H17N3O2/c1-4-5-11(18)10-6-15-13-12(10)14(17-8-16-13)19-7-9(2)3/h4-6,8-9H,7H2,1-3H3,(H,15,16,17)/b5-4+. The molecule has 0 amide bonds. The van der Waals surface area contributed by atoms with E-state index in [1.54, 1.807) is 19.2 Å². The second-order valence-electron chi connectivity index (χ2n) is 4.67. The third kappa shape index (κ3) is 2.81. The molecule has 0 spiro atoms. The van der Waals surface area contributed by atoms with Crippen LogP contribution in [-0.4, -0.2) is 27.3 Å². The maximum absolute atomic E-state index is 12.0. The molecule has 19 heavy (non-hydrogen) atoms. The molecule has 0 aliphatic rings. The summed E-state index contributed by atoms with van der Waals surface area (Å²) in [6.45, 7) is 6.47. The topological polar surface area (TPSA) is 67.9 Å². The summed E-state index contributed by atoms with van der Waals surface area (Å²) in [5.74, 6) is 0.754. The van der Waals surface area contributed by atoms with Crippen LogP contribution in [0.2, 0.25) is 0 Å². The average molecular weight is 259 g/mol. The van der Waals surface area contributed by atoms with Crippen molar-refractivity contribution in [3.05, 3.63) is 30.2 Å². The molecule has 1 N–H and O–H groups in total. The van der Waals surface area contributed by atoms with E-state index < -0.39 is 0 Å². The molecule has 0 aliphatic carbocycles. The second-order valence-corrected chi connectivity index (χ2v) is 4.67. The van der Waals surface area contributed by atoms with Crippen molar-refractivity contribution in [2.24, 2.45) is 5.92 Å². The summed E-state index contributed by atoms with van der Waals surface area (Å²) >= 11 is 0. The van der Waals surface area contributed by atoms with Crippen molar-refractivity contribution in [3.8, 4) is 5.88 Å². The molecule has 0 saturated carbocycles. The van der Waals surface area contributed by atoms with Gasteiger partial charge in [-0.3, -0.25) is 4.79 Å². The Morgan fingerprint density at radius 2 is 2.26 bits per heavy atom. The number of ketones is 1. The second kappa shape index (κ2) is 5.65. The van der Waals surface area contributed by atoms with Gasteiger partial charge in [-0.25, -0.2) is 9.97 Å². The summed E-state index contributed by atoms with van der Waals surface area (Å²) in [5, 5.41) is 0.645. The van der Waals surface area contributed by atoms with Gasteiger partial charge in [0.15, 0.2) is 5.78 Å². The number of nitrogens with one attached hydrogen (secondary N) is 1. The number of hydrogen-bond acceptors (Lipinski definition) is 4. The first-order chi connectivity index (χ1) is 9.13. The summed E-state index contributed by atoms with van der Waals surface area (Å²) < 4.78 is 5.66. The van der Waals surface area contributed by atoms with Gasteiger partial charge in [0, 0.05) is 6.20 Å². The van der Waals surface area contributed by atoms with Crippen LogP contribution >= 0.6 is 0 Å². The Balaban J connectivity index is 2.46. The van der Waals surface area contributed by atoms with Crippen LogP contribution in [0.15, 0.2) is 24.7 Å². The van der Waals surface area contributed by atoms with Crippen molar-refractivity contribution in [3.63, 3.8) is 0 Å². The van der Waals surface area contributed by atoms with Gasteiger partial charge in [0.2, 0.25) is 5.88 Å². The molecule has 0 fully saturated rings. The Morgan fingerprint density at radius 1 is 1.47 bits per heavy atom. The Morgan fingerprint density at radius 3 is 2.95 bits per heavy atom. The Labute approximate surface area is 111 Å². The smallest absolute Gasteiger partial charge is 0.226 e. The highest BCUT2D eigenvalue weighted by Crippen LogP contribution is 2.26. The molecular weight excluding hydrogens is 242 g/mol. The quantitative estimate of drug-likeness (QED) is 0.662. The van der Waals surface area contributed by atoms with Crippen LogP contribution in [0.3, 0.4) is 0 Å². The fraction of sp³-hybridized carbons (Fsp3) is 0.357. The predicted molar refractivity (Wildman–Crippen MR) is 73.4 cm³/mol. The monoisotopic (exact) mass is 259 g/mol. The molecule has 2 aromatic rings. The minimum absolute atomic E-state index is 0.0852. The zero-order chi connectivity index (χ0) is 13.8. The zero-order valence-corrected chi connectivity index (χ0v) is 11.3. The third-order valence-electron chi connectivity index (χ3n) is 2.57. The number of nitrogens with zero attached hydrogens (tertiary/aromatic N) is 2. The summed E-state index contributed by atoms with van der Waals surface area (Å²) in [5.41, 5.74) is 1.15. The van der Waals surface area contributed by atoms with E-state index in [4.69, 9.17) is 4.74 Å². The molecule has 0 radical (unpaired) electrons. The molecule has 0 atom stereocenters. The van der Waals surface area contributed by atoms with Gasteiger partial charge in [-0.15, -0.1) is 0 Å². The van der Waals surface area contributed by atoms with Crippen LogP contribution in [0.4, 0.5) is 0 Å². The van der Waals surface area contributed by atoms with Crippen LogP contribution in [0.1, 0.15) is 31.1 Å². The van der Waals surface area contributed by atoms with E-state index in [9.17, 15) is 4.79 Å². The molecule has 100 valence electrons. The number of allylic oxidation sites excluding steroid dienone is 2. The van der Waals surface area contributed by atoms with Gasteiger partial charge in [-0.1, -0.05) is 19.9 Å². The SMILES string of the molecule is C/C=C/C(=O)c1c[nH]c2ncnc(OCC(C)C)c12. The van der Waals surface area contributed by atoms with Crippen molar-refractivity contribution in [2.45, 2.75) is 20.8 Å². The van der Waals surface area contributed by atoms with Crippen LogP contribution in [0.25, 0.3) is 11.0 Å². The molecule has 5 heteroatoms. The minimum Gasteiger partial charge on any atom is -0.477 e. The third-order valence-corrected chi connectivity index (χ3v) is 2.57. The van der Waals surface area contributed by atoms with E-state index in [2.05, 4.69) is 28.8 Å². The lowest BCUT2D eigenvalue weighted by Gasteiger charge is -2.08. The van der Waals surface area contributed by atoms with Crippen LogP contribution in [-0.2, 0) is 0 Å². The van der Waals surface area contributed by atoms with Crippen molar-refractivity contribution in [2.75, 3.05) is 6.61 Å². The van der Waals surface area contributed by atoms with Gasteiger partial charge in [0.05, 0.1) is 17.6 Å². The number of aromatic amines is 1. The number of fused-ring (bicyclic) bond motifs is 1. The first-order valence-electron chi connectivity index (χ1n) is 6.25. The molecule has 0 unspecified atom stereocenters. The summed E-state index contributed by atoms with van der Waals surface area (Å²) in [6, 6.07) is 0. The molecule has 5 nitrogen and oxygen atoms in total. The van der Waals surface area contributed by atoms with E-state index in [1.165, 1.54) is 12.4 Å². The van der Waals surface area contributed by atoms with Crippen LogP contribution in [0.5, 0.6) is 5.88 Å². The molecule has 0 bridgehead atoms. The Bertz CT molecular complexity index is 614. The first-order valence-corrected chi connectivity index (χ1v) is 6.25. The van der Waals surface area contributed by atoms with Crippen molar-refractivity contribution >= 4 is 16.8 Å². The van der Waals surface area contributed by atoms with E-state index in [0.717, 1.165) is 0 Å². The number of carbonyl (C=O) groups excluding carboxylic acids is 1. The van der Waals surface area contributed by atoms with Crippen molar-refractivity contribution in [1.29, 1.82) is 0 Å². The normalized spacial score (nSPS) is 11.6.